The Bertz CT molecular complexity index is 1200. The van der Waals surface area contributed by atoms with Gasteiger partial charge in [-0.2, -0.15) is 10.2 Å². The molecule has 0 aliphatic carbocycles. The molecule has 1 aliphatic heterocycles. The quantitative estimate of drug-likeness (QED) is 0.387. The largest absolute Gasteiger partial charge is 0.394 e. The van der Waals surface area contributed by atoms with Gasteiger partial charge in [0.05, 0.1) is 36.2 Å². The van der Waals surface area contributed by atoms with Crippen LogP contribution < -0.4 is 5.32 Å². The number of carbonyl (C=O) groups excluding carboxylic acids is 2. The molecule has 10 heteroatoms. The number of aliphatic hydroxyl groups is 2. The first kappa shape index (κ1) is 24.9. The van der Waals surface area contributed by atoms with Crippen LogP contribution in [0.15, 0.2) is 30.6 Å². The van der Waals surface area contributed by atoms with Crippen molar-refractivity contribution in [3.8, 4) is 11.3 Å². The lowest BCUT2D eigenvalue weighted by molar-refractivity contribution is -0.142. The number of carbonyl (C=O) groups is 2. The first-order valence-electron chi connectivity index (χ1n) is 12.1. The van der Waals surface area contributed by atoms with Gasteiger partial charge >= 0.3 is 0 Å². The van der Waals surface area contributed by atoms with E-state index in [2.05, 4.69) is 20.6 Å². The number of fused-ring (bicyclic) bond motifs is 1. The number of hydrogen-bond donors (Lipinski definition) is 4. The van der Waals surface area contributed by atoms with Crippen molar-refractivity contribution in [2.45, 2.75) is 58.8 Å². The fraction of sp³-hybridized carbons (Fsp3) is 0.520. The summed E-state index contributed by atoms with van der Waals surface area (Å²) in [4.78, 5) is 27.7. The van der Waals surface area contributed by atoms with Crippen molar-refractivity contribution >= 4 is 22.7 Å². The highest BCUT2D eigenvalue weighted by molar-refractivity contribution is 5.96. The second kappa shape index (κ2) is 10.2. The number of hydrogen-bond acceptors (Lipinski definition) is 6. The number of likely N-dealkylation sites (tertiary alicyclic amines) is 1. The third-order valence-electron chi connectivity index (χ3n) is 7.07. The molecule has 188 valence electrons. The van der Waals surface area contributed by atoms with Crippen LogP contribution in [0.5, 0.6) is 0 Å². The normalized spacial score (nSPS) is 19.9. The molecular formula is C25H34N6O4. The van der Waals surface area contributed by atoms with Crippen molar-refractivity contribution in [2.24, 2.45) is 11.8 Å². The van der Waals surface area contributed by atoms with Crippen LogP contribution in [0.4, 0.5) is 0 Å². The molecule has 4 N–H and O–H groups in total. The van der Waals surface area contributed by atoms with E-state index in [0.29, 0.717) is 11.1 Å². The Morgan fingerprint density at radius 2 is 2.03 bits per heavy atom. The zero-order valence-electron chi connectivity index (χ0n) is 20.6. The van der Waals surface area contributed by atoms with E-state index in [1.165, 1.54) is 4.90 Å². The van der Waals surface area contributed by atoms with Gasteiger partial charge in [-0.05, 0) is 18.9 Å². The predicted molar refractivity (Wildman–Crippen MR) is 131 cm³/mol. The first-order chi connectivity index (χ1) is 16.8. The zero-order valence-corrected chi connectivity index (χ0v) is 20.6. The lowest BCUT2D eigenvalue weighted by atomic mass is 9.96. The third-order valence-corrected chi connectivity index (χ3v) is 7.07. The topological polar surface area (TPSA) is 136 Å². The van der Waals surface area contributed by atoms with E-state index in [1.807, 2.05) is 50.6 Å². The maximum absolute atomic E-state index is 13.3. The second-order valence-corrected chi connectivity index (χ2v) is 9.57. The van der Waals surface area contributed by atoms with E-state index < -0.39 is 24.1 Å². The summed E-state index contributed by atoms with van der Waals surface area (Å²) in [7, 11) is 0. The van der Waals surface area contributed by atoms with Crippen LogP contribution in [-0.4, -0.2) is 72.2 Å². The Morgan fingerprint density at radius 1 is 1.26 bits per heavy atom. The number of β-amino-alcohol motifs (C(OH)–C–C–N with tert-alkyl or cyclic N) is 1. The van der Waals surface area contributed by atoms with E-state index in [-0.39, 0.29) is 37.3 Å². The van der Waals surface area contributed by atoms with Crippen molar-refractivity contribution in [2.75, 3.05) is 13.2 Å². The van der Waals surface area contributed by atoms with Gasteiger partial charge in [-0.25, -0.2) is 0 Å². The van der Waals surface area contributed by atoms with Crippen LogP contribution in [0.2, 0.25) is 0 Å². The molecule has 2 amide bonds. The lowest BCUT2D eigenvalue weighted by Gasteiger charge is -2.29. The van der Waals surface area contributed by atoms with Gasteiger partial charge in [0.2, 0.25) is 11.8 Å². The molecule has 1 aliphatic rings. The van der Waals surface area contributed by atoms with Crippen molar-refractivity contribution in [3.05, 3.63) is 36.2 Å². The van der Waals surface area contributed by atoms with Gasteiger partial charge in [-0.1, -0.05) is 32.9 Å². The van der Waals surface area contributed by atoms with Crippen LogP contribution in [0.1, 0.15) is 45.7 Å². The smallest absolute Gasteiger partial charge is 0.243 e. The minimum Gasteiger partial charge on any atom is -0.394 e. The lowest BCUT2D eigenvalue weighted by Crippen LogP contribution is -2.49. The van der Waals surface area contributed by atoms with Gasteiger partial charge in [0, 0.05) is 48.1 Å². The highest BCUT2D eigenvalue weighted by Crippen LogP contribution is 2.32. The number of aryl methyl sites for hydroxylation is 1. The molecule has 1 saturated heterocycles. The molecule has 2 aromatic heterocycles. The van der Waals surface area contributed by atoms with Crippen LogP contribution >= 0.6 is 0 Å². The molecule has 0 bridgehead atoms. The SMILES string of the molecule is CCn1nccc1-c1ccc(C(CO)NC(=O)C2CC(O)CN2C(=O)C(C)C(C)C)c2[nH]ncc12. The molecule has 35 heavy (non-hydrogen) atoms. The molecule has 1 aromatic carbocycles. The van der Waals surface area contributed by atoms with E-state index >= 15 is 0 Å². The van der Waals surface area contributed by atoms with Gasteiger partial charge in [0.1, 0.15) is 6.04 Å². The van der Waals surface area contributed by atoms with Gasteiger partial charge in [-0.3, -0.25) is 19.4 Å². The summed E-state index contributed by atoms with van der Waals surface area (Å²) in [5.74, 6) is -0.695. The number of aromatic amines is 1. The Balaban J connectivity index is 1.60. The Kier molecular flexibility index (Phi) is 7.23. The molecule has 4 atom stereocenters. The molecule has 0 saturated carbocycles. The Morgan fingerprint density at radius 3 is 2.71 bits per heavy atom. The molecule has 3 heterocycles. The predicted octanol–water partition coefficient (Wildman–Crippen LogP) is 1.85. The monoisotopic (exact) mass is 482 g/mol. The van der Waals surface area contributed by atoms with E-state index in [4.69, 9.17) is 0 Å². The number of rotatable bonds is 8. The standard InChI is InChI=1S/C25H34N6O4/c1-5-31-21(8-9-27-31)17-6-7-18(23-19(17)11-26-29-23)20(13-32)28-24(34)22-10-16(33)12-30(22)25(35)15(4)14(2)3/h6-9,11,14-16,20,22,32-33H,5,10,12-13H2,1-4H3,(H,26,29)(H,28,34). The summed E-state index contributed by atoms with van der Waals surface area (Å²) in [5.41, 5.74) is 3.28. The minimum atomic E-state index is -0.789. The maximum Gasteiger partial charge on any atom is 0.243 e. The number of benzene rings is 1. The maximum atomic E-state index is 13.3. The second-order valence-electron chi connectivity index (χ2n) is 9.57. The van der Waals surface area contributed by atoms with E-state index in [0.717, 1.165) is 23.2 Å². The summed E-state index contributed by atoms with van der Waals surface area (Å²) in [6.45, 7) is 8.28. The van der Waals surface area contributed by atoms with Crippen LogP contribution in [0.3, 0.4) is 0 Å². The van der Waals surface area contributed by atoms with Crippen molar-refractivity contribution in [1.82, 2.24) is 30.2 Å². The van der Waals surface area contributed by atoms with E-state index in [1.54, 1.807) is 12.4 Å². The number of aliphatic hydroxyl groups excluding tert-OH is 2. The third kappa shape index (κ3) is 4.68. The minimum absolute atomic E-state index is 0.116. The highest BCUT2D eigenvalue weighted by atomic mass is 16.3. The van der Waals surface area contributed by atoms with Crippen molar-refractivity contribution in [1.29, 1.82) is 0 Å². The first-order valence-corrected chi connectivity index (χ1v) is 12.1. The molecular weight excluding hydrogens is 448 g/mol. The number of H-pyrrole nitrogens is 1. The zero-order chi connectivity index (χ0) is 25.3. The highest BCUT2D eigenvalue weighted by Gasteiger charge is 2.41. The fourth-order valence-electron chi connectivity index (χ4n) is 4.73. The number of nitrogens with one attached hydrogen (secondary N) is 2. The van der Waals surface area contributed by atoms with Crippen LogP contribution in [0.25, 0.3) is 22.2 Å². The summed E-state index contributed by atoms with van der Waals surface area (Å²) in [6.07, 6.45) is 2.88. The van der Waals surface area contributed by atoms with Gasteiger partial charge in [0.25, 0.3) is 0 Å². The molecule has 4 unspecified atom stereocenters. The summed E-state index contributed by atoms with van der Waals surface area (Å²) < 4.78 is 1.89. The molecule has 10 nitrogen and oxygen atoms in total. The van der Waals surface area contributed by atoms with Gasteiger partial charge < -0.3 is 20.4 Å². The Hall–Kier alpha value is -3.24. The molecule has 4 rings (SSSR count). The van der Waals surface area contributed by atoms with Crippen molar-refractivity contribution in [3.63, 3.8) is 0 Å². The summed E-state index contributed by atoms with van der Waals surface area (Å²) in [5, 5.41) is 35.7. The molecule has 1 fully saturated rings. The summed E-state index contributed by atoms with van der Waals surface area (Å²) >= 11 is 0. The molecule has 0 radical (unpaired) electrons. The number of amides is 2. The van der Waals surface area contributed by atoms with Gasteiger partial charge in [-0.15, -0.1) is 0 Å². The average molecular weight is 483 g/mol. The van der Waals surface area contributed by atoms with Crippen LogP contribution in [0, 0.1) is 11.8 Å². The Labute approximate surface area is 204 Å². The van der Waals surface area contributed by atoms with E-state index in [9.17, 15) is 19.8 Å². The molecule has 3 aromatic rings. The average Bonchev–Trinajstić information content (AvgIpc) is 3.60. The fourth-order valence-corrected chi connectivity index (χ4v) is 4.73. The number of aromatic nitrogens is 4. The molecule has 0 spiro atoms. The number of nitrogens with zero attached hydrogens (tertiary/aromatic N) is 4. The van der Waals surface area contributed by atoms with Crippen molar-refractivity contribution < 1.29 is 19.8 Å². The van der Waals surface area contributed by atoms with Crippen LogP contribution in [-0.2, 0) is 16.1 Å². The summed E-state index contributed by atoms with van der Waals surface area (Å²) in [6, 6.07) is 4.23. The van der Waals surface area contributed by atoms with Gasteiger partial charge in [0.15, 0.2) is 0 Å².